The van der Waals surface area contributed by atoms with E-state index in [0.717, 1.165) is 25.9 Å². The highest BCUT2D eigenvalue weighted by atomic mass is 19.3. The average Bonchev–Trinajstić information content (AvgIpc) is 2.29. The largest absolute Gasteiger partial charge is 0.399 e. The van der Waals surface area contributed by atoms with Crippen molar-refractivity contribution in [2.24, 2.45) is 0 Å². The number of hydrogen-bond acceptors (Lipinski definition) is 2. The Morgan fingerprint density at radius 2 is 1.61 bits per heavy atom. The number of nitrogens with two attached hydrogens (primary N) is 1. The Hall–Kier alpha value is -1.32. The van der Waals surface area contributed by atoms with Crippen molar-refractivity contribution < 1.29 is 8.78 Å². The highest BCUT2D eigenvalue weighted by Gasteiger charge is 2.18. The van der Waals surface area contributed by atoms with Crippen LogP contribution in [0.2, 0.25) is 0 Å². The maximum Gasteiger partial charge on any atom is 0.265 e. The molecule has 1 heterocycles. The maximum atomic E-state index is 13.1. The minimum Gasteiger partial charge on any atom is -0.399 e. The lowest BCUT2D eigenvalue weighted by molar-refractivity contribution is 0.152. The van der Waals surface area contributed by atoms with Crippen LogP contribution < -0.4 is 10.6 Å². The summed E-state index contributed by atoms with van der Waals surface area (Å²) in [7, 11) is 0. The molecule has 0 saturated carbocycles. The van der Waals surface area contributed by atoms with E-state index in [1.54, 1.807) is 12.1 Å². The molecule has 1 aliphatic heterocycles. The van der Waals surface area contributed by atoms with Crippen molar-refractivity contribution in [2.45, 2.75) is 38.5 Å². The molecule has 1 saturated heterocycles. The van der Waals surface area contributed by atoms with Crippen LogP contribution in [0, 0.1) is 0 Å². The van der Waals surface area contributed by atoms with Gasteiger partial charge in [0.05, 0.1) is 0 Å². The summed E-state index contributed by atoms with van der Waals surface area (Å²) in [4.78, 5) is 2.08. The molecule has 1 aromatic rings. The normalized spacial score (nSPS) is 17.6. The first-order valence-electron chi connectivity index (χ1n) is 6.61. The summed E-state index contributed by atoms with van der Waals surface area (Å²) < 4.78 is 26.1. The lowest BCUT2D eigenvalue weighted by atomic mass is 10.1. The minimum absolute atomic E-state index is 0.0653. The van der Waals surface area contributed by atoms with E-state index in [1.807, 2.05) is 0 Å². The van der Waals surface area contributed by atoms with Crippen molar-refractivity contribution in [2.75, 3.05) is 23.7 Å². The molecule has 100 valence electrons. The maximum absolute atomic E-state index is 13.1. The minimum atomic E-state index is -2.46. The zero-order valence-corrected chi connectivity index (χ0v) is 10.5. The Morgan fingerprint density at radius 1 is 1.00 bits per heavy atom. The van der Waals surface area contributed by atoms with Crippen molar-refractivity contribution in [1.82, 2.24) is 0 Å². The van der Waals surface area contributed by atoms with Gasteiger partial charge in [0.15, 0.2) is 0 Å². The van der Waals surface area contributed by atoms with Crippen molar-refractivity contribution in [3.05, 3.63) is 23.8 Å². The number of alkyl halides is 2. The third kappa shape index (κ3) is 3.12. The second-order valence-electron chi connectivity index (χ2n) is 4.87. The van der Waals surface area contributed by atoms with Gasteiger partial charge in [-0.25, -0.2) is 8.78 Å². The summed E-state index contributed by atoms with van der Waals surface area (Å²) in [5.74, 6) is 0. The van der Waals surface area contributed by atoms with E-state index in [1.165, 1.54) is 25.3 Å². The van der Waals surface area contributed by atoms with Crippen LogP contribution in [0.25, 0.3) is 0 Å². The first kappa shape index (κ1) is 13.1. The Morgan fingerprint density at radius 3 is 2.22 bits per heavy atom. The first-order valence-corrected chi connectivity index (χ1v) is 6.61. The van der Waals surface area contributed by atoms with E-state index in [2.05, 4.69) is 4.90 Å². The van der Waals surface area contributed by atoms with Gasteiger partial charge < -0.3 is 10.6 Å². The summed E-state index contributed by atoms with van der Waals surface area (Å²) in [6.07, 6.45) is 3.33. The van der Waals surface area contributed by atoms with Gasteiger partial charge >= 0.3 is 0 Å². The number of nitrogens with zero attached hydrogens (tertiary/aromatic N) is 1. The Labute approximate surface area is 107 Å². The van der Waals surface area contributed by atoms with E-state index in [9.17, 15) is 8.78 Å². The van der Waals surface area contributed by atoms with Gasteiger partial charge in [-0.1, -0.05) is 19.3 Å². The average molecular weight is 254 g/mol. The zero-order valence-electron chi connectivity index (χ0n) is 10.5. The second-order valence-corrected chi connectivity index (χ2v) is 4.87. The van der Waals surface area contributed by atoms with Crippen LogP contribution in [0.3, 0.4) is 0 Å². The summed E-state index contributed by atoms with van der Waals surface area (Å²) >= 11 is 0. The third-order valence-corrected chi connectivity index (χ3v) is 3.48. The Kier molecular flexibility index (Phi) is 4.39. The van der Waals surface area contributed by atoms with Gasteiger partial charge in [0.25, 0.3) is 6.43 Å². The molecule has 1 fully saturated rings. The summed E-state index contributed by atoms with van der Waals surface area (Å²) in [5.41, 5.74) is 6.72. The smallest absolute Gasteiger partial charge is 0.265 e. The van der Waals surface area contributed by atoms with Crippen LogP contribution in [-0.2, 0) is 0 Å². The number of halogens is 2. The molecule has 0 aliphatic carbocycles. The Bertz CT molecular complexity index is 385. The summed E-state index contributed by atoms with van der Waals surface area (Å²) in [5, 5.41) is 0. The SMILES string of the molecule is Nc1ccc(N2CCCCCCC2)c(C(F)F)c1. The molecule has 0 amide bonds. The van der Waals surface area contributed by atoms with Crippen LogP contribution in [0.5, 0.6) is 0 Å². The van der Waals surface area contributed by atoms with Crippen LogP contribution >= 0.6 is 0 Å². The molecule has 1 aliphatic rings. The summed E-state index contributed by atoms with van der Waals surface area (Å²) in [6.45, 7) is 1.73. The van der Waals surface area contributed by atoms with Gasteiger partial charge in [0.1, 0.15) is 0 Å². The monoisotopic (exact) mass is 254 g/mol. The fraction of sp³-hybridized carbons (Fsp3) is 0.571. The van der Waals surface area contributed by atoms with Crippen molar-refractivity contribution in [3.63, 3.8) is 0 Å². The molecule has 0 spiro atoms. The molecule has 2 nitrogen and oxygen atoms in total. The predicted octanol–water partition coefficient (Wildman–Crippen LogP) is 3.98. The van der Waals surface area contributed by atoms with Gasteiger partial charge in [0, 0.05) is 30.0 Å². The standard InChI is InChI=1S/C14H20F2N2/c15-14(16)12-10-11(17)6-7-13(12)18-8-4-2-1-3-5-9-18/h6-7,10,14H,1-5,8-9,17H2. The number of hydrogen-bond donors (Lipinski definition) is 1. The number of rotatable bonds is 2. The lowest BCUT2D eigenvalue weighted by Gasteiger charge is -2.29. The number of benzene rings is 1. The fourth-order valence-corrected chi connectivity index (χ4v) is 2.52. The topological polar surface area (TPSA) is 29.3 Å². The molecule has 1 aromatic carbocycles. The molecule has 0 aromatic heterocycles. The molecule has 18 heavy (non-hydrogen) atoms. The first-order chi connectivity index (χ1) is 8.68. The van der Waals surface area contributed by atoms with E-state index in [-0.39, 0.29) is 5.56 Å². The van der Waals surface area contributed by atoms with E-state index in [4.69, 9.17) is 5.73 Å². The molecule has 2 rings (SSSR count). The lowest BCUT2D eigenvalue weighted by Crippen LogP contribution is -2.28. The highest BCUT2D eigenvalue weighted by Crippen LogP contribution is 2.32. The zero-order chi connectivity index (χ0) is 13.0. The molecule has 2 N–H and O–H groups in total. The number of nitrogen functional groups attached to an aromatic ring is 1. The van der Waals surface area contributed by atoms with Crippen LogP contribution in [-0.4, -0.2) is 13.1 Å². The van der Waals surface area contributed by atoms with Gasteiger partial charge in [-0.3, -0.25) is 0 Å². The van der Waals surface area contributed by atoms with Crippen LogP contribution in [0.1, 0.15) is 44.1 Å². The van der Waals surface area contributed by atoms with Crippen molar-refractivity contribution >= 4 is 11.4 Å². The number of anilines is 2. The molecular formula is C14H20F2N2. The second kappa shape index (κ2) is 6.03. The van der Waals surface area contributed by atoms with E-state index < -0.39 is 6.43 Å². The highest BCUT2D eigenvalue weighted by molar-refractivity contribution is 5.60. The fourth-order valence-electron chi connectivity index (χ4n) is 2.52. The van der Waals surface area contributed by atoms with Crippen LogP contribution in [0.4, 0.5) is 20.2 Å². The molecular weight excluding hydrogens is 234 g/mol. The molecule has 0 unspecified atom stereocenters. The molecule has 0 atom stereocenters. The van der Waals surface area contributed by atoms with Gasteiger partial charge in [-0.2, -0.15) is 0 Å². The van der Waals surface area contributed by atoms with E-state index >= 15 is 0 Å². The summed E-state index contributed by atoms with van der Waals surface area (Å²) in [6, 6.07) is 4.84. The van der Waals surface area contributed by atoms with Crippen molar-refractivity contribution in [3.8, 4) is 0 Å². The molecule has 0 bridgehead atoms. The van der Waals surface area contributed by atoms with Gasteiger partial charge in [0.2, 0.25) is 0 Å². The van der Waals surface area contributed by atoms with Crippen LogP contribution in [0.15, 0.2) is 18.2 Å². The predicted molar refractivity (Wildman–Crippen MR) is 71.1 cm³/mol. The Balaban J connectivity index is 2.24. The third-order valence-electron chi connectivity index (χ3n) is 3.48. The molecule has 0 radical (unpaired) electrons. The molecule has 4 heteroatoms. The van der Waals surface area contributed by atoms with Crippen molar-refractivity contribution in [1.29, 1.82) is 0 Å². The van der Waals surface area contributed by atoms with Gasteiger partial charge in [-0.15, -0.1) is 0 Å². The van der Waals surface area contributed by atoms with E-state index in [0.29, 0.717) is 11.4 Å². The quantitative estimate of drug-likeness (QED) is 0.809. The van der Waals surface area contributed by atoms with Gasteiger partial charge in [-0.05, 0) is 31.0 Å².